The highest BCUT2D eigenvalue weighted by Gasteiger charge is 2.38. The van der Waals surface area contributed by atoms with Gasteiger partial charge in [0.25, 0.3) is 0 Å². The lowest BCUT2D eigenvalue weighted by Crippen LogP contribution is -2.48. The molecule has 0 aliphatic heterocycles. The molecule has 1 saturated carbocycles. The van der Waals surface area contributed by atoms with Crippen LogP contribution in [0.15, 0.2) is 22.7 Å². The van der Waals surface area contributed by atoms with Gasteiger partial charge in [-0.05, 0) is 47.8 Å². The summed E-state index contributed by atoms with van der Waals surface area (Å²) in [5.74, 6) is 0. The van der Waals surface area contributed by atoms with Gasteiger partial charge in [-0.1, -0.05) is 6.07 Å². The molecule has 0 heterocycles. The normalized spacial score (nSPS) is 28.0. The first-order chi connectivity index (χ1) is 7.52. The van der Waals surface area contributed by atoms with Crippen molar-refractivity contribution in [3.63, 3.8) is 0 Å². The van der Waals surface area contributed by atoms with E-state index in [-0.39, 0.29) is 6.04 Å². The molecule has 1 aliphatic rings. The molecule has 2 N–H and O–H groups in total. The van der Waals surface area contributed by atoms with Crippen molar-refractivity contribution in [1.82, 2.24) is 0 Å². The molecule has 0 atom stereocenters. The zero-order valence-corrected chi connectivity index (χ0v) is 10.6. The summed E-state index contributed by atoms with van der Waals surface area (Å²) < 4.78 is 0.797. The fourth-order valence-electron chi connectivity index (χ4n) is 2.08. The molecule has 0 saturated heterocycles. The van der Waals surface area contributed by atoms with Crippen LogP contribution in [0.25, 0.3) is 0 Å². The molecule has 4 heteroatoms. The molecule has 0 unspecified atom stereocenters. The van der Waals surface area contributed by atoms with Crippen molar-refractivity contribution in [3.8, 4) is 6.07 Å². The van der Waals surface area contributed by atoms with Crippen molar-refractivity contribution in [2.45, 2.75) is 31.4 Å². The Morgan fingerprint density at radius 3 is 2.81 bits per heavy atom. The van der Waals surface area contributed by atoms with Crippen molar-refractivity contribution in [3.05, 3.63) is 28.2 Å². The Balaban J connectivity index is 2.12. The lowest BCUT2D eigenvalue weighted by atomic mass is 9.77. The van der Waals surface area contributed by atoms with Crippen molar-refractivity contribution < 1.29 is 5.11 Å². The van der Waals surface area contributed by atoms with Crippen LogP contribution in [0.5, 0.6) is 0 Å². The van der Waals surface area contributed by atoms with E-state index < -0.39 is 5.60 Å². The number of nitrogens with one attached hydrogen (secondary N) is 1. The molecule has 0 bridgehead atoms. The van der Waals surface area contributed by atoms with Crippen LogP contribution in [-0.4, -0.2) is 16.7 Å². The fourth-order valence-corrected chi connectivity index (χ4v) is 2.54. The van der Waals surface area contributed by atoms with E-state index in [9.17, 15) is 5.11 Å². The maximum Gasteiger partial charge on any atom is 0.103 e. The van der Waals surface area contributed by atoms with E-state index >= 15 is 0 Å². The average molecular weight is 281 g/mol. The molecule has 84 valence electrons. The lowest BCUT2D eigenvalue weighted by molar-refractivity contribution is -0.0234. The lowest BCUT2D eigenvalue weighted by Gasteiger charge is -2.41. The Kier molecular flexibility index (Phi) is 2.92. The molecule has 1 aromatic rings. The number of hydrogen-bond donors (Lipinski definition) is 2. The first kappa shape index (κ1) is 11.4. The number of anilines is 1. The highest BCUT2D eigenvalue weighted by molar-refractivity contribution is 9.10. The van der Waals surface area contributed by atoms with Crippen LogP contribution in [0, 0.1) is 11.3 Å². The minimum absolute atomic E-state index is 0.261. The van der Waals surface area contributed by atoms with Gasteiger partial charge in [0.1, 0.15) is 6.07 Å². The van der Waals surface area contributed by atoms with Gasteiger partial charge in [-0.25, -0.2) is 0 Å². The number of halogens is 1. The third kappa shape index (κ3) is 2.21. The minimum Gasteiger partial charge on any atom is -0.390 e. The second kappa shape index (κ2) is 4.08. The van der Waals surface area contributed by atoms with E-state index in [1.807, 2.05) is 25.1 Å². The molecule has 0 spiro atoms. The summed E-state index contributed by atoms with van der Waals surface area (Å²) in [5, 5.41) is 21.9. The summed E-state index contributed by atoms with van der Waals surface area (Å²) in [6.07, 6.45) is 1.45. The van der Waals surface area contributed by atoms with Gasteiger partial charge < -0.3 is 10.4 Å². The Morgan fingerprint density at radius 1 is 1.56 bits per heavy atom. The smallest absolute Gasteiger partial charge is 0.103 e. The van der Waals surface area contributed by atoms with Gasteiger partial charge in [0.2, 0.25) is 0 Å². The van der Waals surface area contributed by atoms with Crippen LogP contribution < -0.4 is 5.32 Å². The predicted octanol–water partition coefficient (Wildman–Crippen LogP) is 2.65. The molecule has 16 heavy (non-hydrogen) atoms. The van der Waals surface area contributed by atoms with E-state index in [2.05, 4.69) is 27.3 Å². The molecule has 3 nitrogen and oxygen atoms in total. The van der Waals surface area contributed by atoms with Crippen LogP contribution >= 0.6 is 15.9 Å². The third-order valence-electron chi connectivity index (χ3n) is 2.86. The molecule has 1 aromatic carbocycles. The van der Waals surface area contributed by atoms with Crippen LogP contribution in [-0.2, 0) is 0 Å². The maximum absolute atomic E-state index is 9.63. The average Bonchev–Trinajstić information content (AvgIpc) is 2.15. The second-order valence-electron chi connectivity index (χ2n) is 4.52. The van der Waals surface area contributed by atoms with Crippen LogP contribution in [0.1, 0.15) is 25.3 Å². The van der Waals surface area contributed by atoms with Crippen LogP contribution in [0.2, 0.25) is 0 Å². The summed E-state index contributed by atoms with van der Waals surface area (Å²) in [5.41, 5.74) is 0.905. The first-order valence-corrected chi connectivity index (χ1v) is 5.99. The number of aliphatic hydroxyl groups is 1. The Labute approximate surface area is 103 Å². The van der Waals surface area contributed by atoms with Crippen molar-refractivity contribution >= 4 is 21.6 Å². The first-order valence-electron chi connectivity index (χ1n) is 5.19. The van der Waals surface area contributed by atoms with Crippen LogP contribution in [0.3, 0.4) is 0 Å². The summed E-state index contributed by atoms with van der Waals surface area (Å²) in [4.78, 5) is 0. The van der Waals surface area contributed by atoms with Crippen molar-refractivity contribution in [2.75, 3.05) is 5.32 Å². The van der Waals surface area contributed by atoms with E-state index in [4.69, 9.17) is 5.26 Å². The number of nitrogens with zero attached hydrogens (tertiary/aromatic N) is 1. The van der Waals surface area contributed by atoms with Gasteiger partial charge in [0.05, 0.1) is 16.9 Å². The fraction of sp³-hybridized carbons (Fsp3) is 0.417. The number of hydrogen-bond acceptors (Lipinski definition) is 3. The molecular weight excluding hydrogens is 268 g/mol. The maximum atomic E-state index is 9.63. The van der Waals surface area contributed by atoms with E-state index in [0.29, 0.717) is 5.56 Å². The topological polar surface area (TPSA) is 56.0 Å². The quantitative estimate of drug-likeness (QED) is 0.876. The zero-order chi connectivity index (χ0) is 11.8. The largest absolute Gasteiger partial charge is 0.390 e. The Bertz CT molecular complexity index is 443. The Morgan fingerprint density at radius 2 is 2.25 bits per heavy atom. The summed E-state index contributed by atoms with van der Waals surface area (Å²) >= 11 is 3.35. The molecule has 0 aromatic heterocycles. The molecule has 2 rings (SSSR count). The van der Waals surface area contributed by atoms with E-state index in [1.54, 1.807) is 0 Å². The number of rotatable bonds is 2. The van der Waals surface area contributed by atoms with Gasteiger partial charge in [-0.15, -0.1) is 0 Å². The van der Waals surface area contributed by atoms with Gasteiger partial charge in [-0.2, -0.15) is 5.26 Å². The monoisotopic (exact) mass is 280 g/mol. The minimum atomic E-state index is -0.545. The third-order valence-corrected chi connectivity index (χ3v) is 3.52. The van der Waals surface area contributed by atoms with E-state index in [1.165, 1.54) is 0 Å². The van der Waals surface area contributed by atoms with Gasteiger partial charge in [-0.3, -0.25) is 0 Å². The number of benzene rings is 1. The number of nitriles is 1. The molecule has 0 radical (unpaired) electrons. The van der Waals surface area contributed by atoms with Crippen molar-refractivity contribution in [1.29, 1.82) is 5.26 Å². The summed E-state index contributed by atoms with van der Waals surface area (Å²) in [6.45, 7) is 1.83. The SMILES string of the molecule is CC1(O)CC(Nc2cccc(Br)c2C#N)C1. The molecule has 1 aliphatic carbocycles. The highest BCUT2D eigenvalue weighted by atomic mass is 79.9. The molecule has 1 fully saturated rings. The van der Waals surface area contributed by atoms with Gasteiger partial charge in [0.15, 0.2) is 0 Å². The molecular formula is C12H13BrN2O. The Hall–Kier alpha value is -1.05. The summed E-state index contributed by atoms with van der Waals surface area (Å²) in [6, 6.07) is 8.05. The van der Waals surface area contributed by atoms with Gasteiger partial charge >= 0.3 is 0 Å². The standard InChI is InChI=1S/C12H13BrN2O/c1-12(16)5-8(6-12)15-11-4-2-3-10(13)9(11)7-14/h2-4,8,15-16H,5-6H2,1H3. The van der Waals surface area contributed by atoms with Crippen LogP contribution in [0.4, 0.5) is 5.69 Å². The second-order valence-corrected chi connectivity index (χ2v) is 5.37. The van der Waals surface area contributed by atoms with Crippen molar-refractivity contribution in [2.24, 2.45) is 0 Å². The zero-order valence-electron chi connectivity index (χ0n) is 9.00. The predicted molar refractivity (Wildman–Crippen MR) is 66.1 cm³/mol. The summed E-state index contributed by atoms with van der Waals surface area (Å²) in [7, 11) is 0. The van der Waals surface area contributed by atoms with E-state index in [0.717, 1.165) is 23.0 Å². The highest BCUT2D eigenvalue weighted by Crippen LogP contribution is 2.35. The molecule has 0 amide bonds. The van der Waals surface area contributed by atoms with Gasteiger partial charge in [0, 0.05) is 10.5 Å².